The van der Waals surface area contributed by atoms with E-state index in [-0.39, 0.29) is 23.6 Å². The number of carbonyl (C=O) groups is 4. The lowest BCUT2D eigenvalue weighted by Gasteiger charge is -2.21. The zero-order chi connectivity index (χ0) is 33.3. The first-order valence-corrected chi connectivity index (χ1v) is 13.8. The number of hydrogen-bond acceptors (Lipinski definition) is 7. The average Bonchev–Trinajstić information content (AvgIpc) is 3.05. The summed E-state index contributed by atoms with van der Waals surface area (Å²) in [6, 6.07) is 23.2. The molecule has 4 aromatic rings. The normalized spacial score (nSPS) is 11.7. The van der Waals surface area contributed by atoms with Crippen LogP contribution < -0.4 is 16.2 Å². The molecule has 4 rings (SSSR count). The van der Waals surface area contributed by atoms with Gasteiger partial charge in [0.2, 0.25) is 5.91 Å². The molecule has 0 saturated heterocycles. The Bertz CT molecular complexity index is 1770. The highest BCUT2D eigenvalue weighted by Gasteiger charge is 2.44. The van der Waals surface area contributed by atoms with E-state index in [1.54, 1.807) is 60.7 Å². The SMILES string of the molecule is COC(=O)c1cccc(COC(=O)Nc2ccc(-c3ccccc3)n(CC(=O)NC(Cc3ccccc3)C(=O)C(F)(F)F)c2=O)c1. The molecule has 0 aliphatic carbocycles. The van der Waals surface area contributed by atoms with Gasteiger partial charge in [-0.1, -0.05) is 72.8 Å². The van der Waals surface area contributed by atoms with Gasteiger partial charge in [-0.15, -0.1) is 0 Å². The van der Waals surface area contributed by atoms with Gasteiger partial charge in [-0.3, -0.25) is 24.3 Å². The van der Waals surface area contributed by atoms with E-state index in [0.29, 0.717) is 16.7 Å². The van der Waals surface area contributed by atoms with Gasteiger partial charge >= 0.3 is 18.2 Å². The highest BCUT2D eigenvalue weighted by Crippen LogP contribution is 2.22. The van der Waals surface area contributed by atoms with Crippen molar-refractivity contribution in [1.82, 2.24) is 9.88 Å². The Morgan fingerprint density at radius 3 is 2.15 bits per heavy atom. The molecule has 0 saturated carbocycles. The number of benzene rings is 3. The van der Waals surface area contributed by atoms with Crippen molar-refractivity contribution in [3.8, 4) is 11.3 Å². The van der Waals surface area contributed by atoms with Gasteiger partial charge in [-0.05, 0) is 41.0 Å². The third-order valence-corrected chi connectivity index (χ3v) is 6.71. The van der Waals surface area contributed by atoms with Crippen LogP contribution in [0.25, 0.3) is 11.3 Å². The Kier molecular flexibility index (Phi) is 10.7. The topological polar surface area (TPSA) is 133 Å². The van der Waals surface area contributed by atoms with Crippen LogP contribution in [-0.2, 0) is 38.6 Å². The van der Waals surface area contributed by atoms with E-state index in [1.807, 2.05) is 0 Å². The number of amides is 2. The summed E-state index contributed by atoms with van der Waals surface area (Å²) in [6.07, 6.45) is -6.67. The van der Waals surface area contributed by atoms with Crippen LogP contribution in [0.3, 0.4) is 0 Å². The Balaban J connectivity index is 1.56. The van der Waals surface area contributed by atoms with Crippen molar-refractivity contribution in [1.29, 1.82) is 0 Å². The van der Waals surface area contributed by atoms with Crippen molar-refractivity contribution >= 4 is 29.4 Å². The molecule has 1 atom stereocenters. The number of halogens is 3. The minimum atomic E-state index is -5.22. The van der Waals surface area contributed by atoms with Crippen LogP contribution in [0.5, 0.6) is 0 Å². The van der Waals surface area contributed by atoms with Gasteiger partial charge < -0.3 is 14.8 Å². The maximum Gasteiger partial charge on any atom is 0.452 e. The standard InChI is InChI=1S/C33H28F3N3O7/c1-45-31(43)24-14-8-11-22(17-24)20-46-32(44)38-25-15-16-27(23-12-6-3-7-13-23)39(30(25)42)19-28(40)37-26(29(41)33(34,35)36)18-21-9-4-2-5-10-21/h2-17,26H,18-20H2,1H3,(H,37,40)(H,38,44). The molecule has 46 heavy (non-hydrogen) atoms. The van der Waals surface area contributed by atoms with Crippen LogP contribution in [0.2, 0.25) is 0 Å². The zero-order valence-corrected chi connectivity index (χ0v) is 24.4. The number of esters is 1. The molecule has 10 nitrogen and oxygen atoms in total. The predicted molar refractivity (Wildman–Crippen MR) is 161 cm³/mol. The van der Waals surface area contributed by atoms with Crippen LogP contribution in [0.15, 0.2) is 102 Å². The third kappa shape index (κ3) is 8.68. The summed E-state index contributed by atoms with van der Waals surface area (Å²) in [5, 5.41) is 4.44. The number of methoxy groups -OCH3 is 1. The van der Waals surface area contributed by atoms with Crippen LogP contribution >= 0.6 is 0 Å². The first kappa shape index (κ1) is 33.2. The lowest BCUT2D eigenvalue weighted by molar-refractivity contribution is -0.173. The molecule has 0 aliphatic heterocycles. The molecular weight excluding hydrogens is 607 g/mol. The summed E-state index contributed by atoms with van der Waals surface area (Å²) in [6.45, 7) is -1.03. The summed E-state index contributed by atoms with van der Waals surface area (Å²) in [5.74, 6) is -3.76. The summed E-state index contributed by atoms with van der Waals surface area (Å²) >= 11 is 0. The van der Waals surface area contributed by atoms with Gasteiger partial charge in [-0.2, -0.15) is 13.2 Å². The fourth-order valence-corrected chi connectivity index (χ4v) is 4.53. The molecule has 238 valence electrons. The predicted octanol–water partition coefficient (Wildman–Crippen LogP) is 4.91. The van der Waals surface area contributed by atoms with Crippen molar-refractivity contribution in [3.05, 3.63) is 124 Å². The van der Waals surface area contributed by atoms with Gasteiger partial charge in [0.25, 0.3) is 11.3 Å². The molecule has 2 N–H and O–H groups in total. The number of hydrogen-bond donors (Lipinski definition) is 2. The lowest BCUT2D eigenvalue weighted by Crippen LogP contribution is -2.49. The third-order valence-electron chi connectivity index (χ3n) is 6.71. The van der Waals surface area contributed by atoms with Crippen LogP contribution in [0.1, 0.15) is 21.5 Å². The largest absolute Gasteiger partial charge is 0.465 e. The maximum atomic E-state index is 13.5. The van der Waals surface area contributed by atoms with E-state index in [0.717, 1.165) is 4.57 Å². The highest BCUT2D eigenvalue weighted by molar-refractivity contribution is 5.93. The molecular formula is C33H28F3N3O7. The van der Waals surface area contributed by atoms with Gasteiger partial charge in [-0.25, -0.2) is 9.59 Å². The van der Waals surface area contributed by atoms with Crippen molar-refractivity contribution in [3.63, 3.8) is 0 Å². The van der Waals surface area contributed by atoms with Crippen LogP contribution in [-0.4, -0.2) is 47.6 Å². The fraction of sp³-hybridized carbons (Fsp3) is 0.182. The molecule has 1 unspecified atom stereocenters. The lowest BCUT2D eigenvalue weighted by atomic mass is 10.0. The first-order chi connectivity index (χ1) is 22.0. The Hall–Kier alpha value is -5.72. The smallest absolute Gasteiger partial charge is 0.452 e. The minimum Gasteiger partial charge on any atom is -0.465 e. The van der Waals surface area contributed by atoms with Crippen LogP contribution in [0.4, 0.5) is 23.7 Å². The number of ketones is 1. The second-order valence-corrected chi connectivity index (χ2v) is 9.95. The van der Waals surface area contributed by atoms with Crippen LogP contribution in [0, 0.1) is 0 Å². The molecule has 0 bridgehead atoms. The van der Waals surface area contributed by atoms with Gasteiger partial charge in [0.05, 0.1) is 18.4 Å². The van der Waals surface area contributed by atoms with Gasteiger partial charge in [0.15, 0.2) is 0 Å². The second kappa shape index (κ2) is 14.8. The molecule has 0 aliphatic rings. The minimum absolute atomic E-state index is 0.223. The zero-order valence-electron chi connectivity index (χ0n) is 24.4. The monoisotopic (exact) mass is 635 g/mol. The van der Waals surface area contributed by atoms with E-state index < -0.39 is 54.5 Å². The van der Waals surface area contributed by atoms with Gasteiger partial charge in [0, 0.05) is 6.42 Å². The van der Waals surface area contributed by atoms with Crippen molar-refractivity contribution < 1.29 is 41.8 Å². The summed E-state index contributed by atoms with van der Waals surface area (Å²) < 4.78 is 51.1. The number of ether oxygens (including phenoxy) is 2. The number of nitrogens with zero attached hydrogens (tertiary/aromatic N) is 1. The summed E-state index contributed by atoms with van der Waals surface area (Å²) in [7, 11) is 1.23. The molecule has 1 aromatic heterocycles. The Morgan fingerprint density at radius 2 is 1.50 bits per heavy atom. The first-order valence-electron chi connectivity index (χ1n) is 13.8. The number of pyridine rings is 1. The Labute approximate surface area is 260 Å². The molecule has 0 spiro atoms. The number of nitrogens with one attached hydrogen (secondary N) is 2. The van der Waals surface area contributed by atoms with E-state index >= 15 is 0 Å². The van der Waals surface area contributed by atoms with E-state index in [2.05, 4.69) is 15.4 Å². The molecule has 13 heteroatoms. The van der Waals surface area contributed by atoms with Gasteiger partial charge in [0.1, 0.15) is 24.9 Å². The van der Waals surface area contributed by atoms with Crippen molar-refractivity contribution in [2.45, 2.75) is 31.8 Å². The molecule has 0 radical (unpaired) electrons. The average molecular weight is 636 g/mol. The van der Waals surface area contributed by atoms with Crippen molar-refractivity contribution in [2.24, 2.45) is 0 Å². The quantitative estimate of drug-likeness (QED) is 0.224. The molecule has 2 amide bonds. The number of alkyl halides is 3. The van der Waals surface area contributed by atoms with E-state index in [1.165, 1.54) is 43.5 Å². The number of anilines is 1. The molecule has 0 fully saturated rings. The number of aromatic nitrogens is 1. The summed E-state index contributed by atoms with van der Waals surface area (Å²) in [4.78, 5) is 63.3. The Morgan fingerprint density at radius 1 is 0.848 bits per heavy atom. The second-order valence-electron chi connectivity index (χ2n) is 9.95. The number of Topliss-reactive ketones (excluding diaryl/α,β-unsaturated/α-hetero) is 1. The highest BCUT2D eigenvalue weighted by atomic mass is 19.4. The fourth-order valence-electron chi connectivity index (χ4n) is 4.53. The molecule has 1 heterocycles. The van der Waals surface area contributed by atoms with E-state index in [4.69, 9.17) is 4.74 Å². The number of carbonyl (C=O) groups excluding carboxylic acids is 4. The molecule has 3 aromatic carbocycles. The maximum absolute atomic E-state index is 13.5. The summed E-state index contributed by atoms with van der Waals surface area (Å²) in [5.41, 5.74) is 0.667. The van der Waals surface area contributed by atoms with E-state index in [9.17, 15) is 37.1 Å². The van der Waals surface area contributed by atoms with Crippen molar-refractivity contribution in [2.75, 3.05) is 12.4 Å². The number of rotatable bonds is 11.